The highest BCUT2D eigenvalue weighted by Gasteiger charge is 2.33. The lowest BCUT2D eigenvalue weighted by Crippen LogP contribution is -2.59. The van der Waals surface area contributed by atoms with Crippen molar-refractivity contribution in [2.75, 3.05) is 5.75 Å². The highest BCUT2D eigenvalue weighted by molar-refractivity contribution is 7.80. The highest BCUT2D eigenvalue weighted by atomic mass is 32.1. The number of thiol groups is 1. The summed E-state index contributed by atoms with van der Waals surface area (Å²) in [5, 5.41) is 41.8. The number of phenols is 2. The first-order chi connectivity index (χ1) is 28.4. The lowest BCUT2D eigenvalue weighted by molar-refractivity contribution is -0.141. The van der Waals surface area contributed by atoms with Crippen LogP contribution in [0.2, 0.25) is 0 Å². The van der Waals surface area contributed by atoms with Crippen LogP contribution in [0.25, 0.3) is 21.8 Å². The molecule has 4 amide bonds. The number of aromatic amines is 2. The molecule has 59 heavy (non-hydrogen) atoms. The Labute approximate surface area is 344 Å². The summed E-state index contributed by atoms with van der Waals surface area (Å²) in [6.45, 7) is 0. The number of carbonyl (C=O) groups is 5. The van der Waals surface area contributed by atoms with Gasteiger partial charge in [-0.05, 0) is 65.1 Å². The number of aromatic nitrogens is 2. The van der Waals surface area contributed by atoms with Crippen LogP contribution >= 0.6 is 12.6 Å². The molecule has 15 nitrogen and oxygen atoms in total. The van der Waals surface area contributed by atoms with Crippen molar-refractivity contribution in [1.29, 1.82) is 0 Å². The van der Waals surface area contributed by atoms with Crippen LogP contribution in [-0.2, 0) is 49.7 Å². The normalized spacial score (nSPS) is 13.8. The van der Waals surface area contributed by atoms with Crippen LogP contribution in [0.4, 0.5) is 0 Å². The molecule has 6 rings (SSSR count). The maximum absolute atomic E-state index is 14.4. The van der Waals surface area contributed by atoms with Gasteiger partial charge >= 0.3 is 5.97 Å². The van der Waals surface area contributed by atoms with Gasteiger partial charge in [0.1, 0.15) is 35.7 Å². The molecular formula is C43H45N7O8S. The topological polar surface area (TPSA) is 252 Å². The van der Waals surface area contributed by atoms with E-state index in [2.05, 4.69) is 43.9 Å². The van der Waals surface area contributed by atoms with Crippen LogP contribution in [0.3, 0.4) is 0 Å². The monoisotopic (exact) mass is 819 g/mol. The molecule has 0 aliphatic rings. The quantitative estimate of drug-likeness (QED) is 0.0570. The summed E-state index contributed by atoms with van der Waals surface area (Å²) in [5.41, 5.74) is 10.7. The van der Waals surface area contributed by atoms with Gasteiger partial charge in [-0.15, -0.1) is 0 Å². The van der Waals surface area contributed by atoms with Crippen LogP contribution in [0, 0.1) is 0 Å². The summed E-state index contributed by atoms with van der Waals surface area (Å²) in [6, 6.07) is 20.7. The van der Waals surface area contributed by atoms with E-state index in [9.17, 15) is 39.3 Å². The third-order valence-electron chi connectivity index (χ3n) is 10.00. The predicted molar refractivity (Wildman–Crippen MR) is 225 cm³/mol. The van der Waals surface area contributed by atoms with Crippen molar-refractivity contribution in [1.82, 2.24) is 31.2 Å². The number of amides is 4. The molecule has 0 bridgehead atoms. The lowest BCUT2D eigenvalue weighted by Gasteiger charge is -2.26. The van der Waals surface area contributed by atoms with Gasteiger partial charge in [0.2, 0.25) is 23.6 Å². The van der Waals surface area contributed by atoms with Gasteiger partial charge in [-0.2, -0.15) is 12.6 Å². The molecule has 2 heterocycles. The number of aliphatic carboxylic acids is 1. The van der Waals surface area contributed by atoms with Crippen molar-refractivity contribution in [3.05, 3.63) is 132 Å². The number of hydrogen-bond acceptors (Lipinski definition) is 9. The van der Waals surface area contributed by atoms with Crippen LogP contribution in [0.1, 0.15) is 22.3 Å². The van der Waals surface area contributed by atoms with Crippen LogP contribution in [-0.4, -0.2) is 90.8 Å². The number of fused-ring (bicyclic) bond motifs is 2. The molecule has 0 spiro atoms. The smallest absolute Gasteiger partial charge is 0.327 e. The van der Waals surface area contributed by atoms with Crippen molar-refractivity contribution in [3.63, 3.8) is 0 Å². The van der Waals surface area contributed by atoms with Crippen molar-refractivity contribution >= 4 is 64.0 Å². The maximum Gasteiger partial charge on any atom is 0.327 e. The average Bonchev–Trinajstić information content (AvgIpc) is 3.84. The number of nitrogens with one attached hydrogen (secondary N) is 6. The SMILES string of the molecule is N[C@@H](Cc1c[nH]c2ccccc12)C(=O)N[C@@H](Cc1ccc(O)cc1)C(=O)N[C@@H](Cc1c[nH]c2ccccc12)C(=O)N[C@@H](Cc1ccc(O)cc1)C(=O)N[C@@H](CS)C(=O)O. The zero-order chi connectivity index (χ0) is 42.1. The Bertz CT molecular complexity index is 2430. The maximum atomic E-state index is 14.4. The minimum atomic E-state index is -1.36. The van der Waals surface area contributed by atoms with E-state index >= 15 is 0 Å². The third-order valence-corrected chi connectivity index (χ3v) is 10.4. The Morgan fingerprint density at radius 2 is 0.932 bits per heavy atom. The second-order valence-corrected chi connectivity index (χ2v) is 14.6. The highest BCUT2D eigenvalue weighted by Crippen LogP contribution is 2.21. The number of carboxylic acids is 1. The Hall–Kier alpha value is -6.78. The first-order valence-corrected chi connectivity index (χ1v) is 19.5. The number of aromatic hydroxyl groups is 2. The molecule has 0 aliphatic heterocycles. The predicted octanol–water partition coefficient (Wildman–Crippen LogP) is 2.61. The molecule has 0 unspecified atom stereocenters. The fraction of sp³-hybridized carbons (Fsp3) is 0.233. The molecule has 2 aromatic heterocycles. The molecule has 0 fully saturated rings. The van der Waals surface area contributed by atoms with E-state index in [1.165, 1.54) is 24.3 Å². The number of hydrogen-bond donors (Lipinski definition) is 11. The lowest BCUT2D eigenvalue weighted by atomic mass is 10.00. The third kappa shape index (κ3) is 10.8. The number of carboxylic acid groups (broad SMARTS) is 1. The number of carbonyl (C=O) groups excluding carboxylic acids is 4. The Kier molecular flexibility index (Phi) is 13.6. The summed E-state index contributed by atoms with van der Waals surface area (Å²) in [7, 11) is 0. The van der Waals surface area contributed by atoms with E-state index in [1.807, 2.05) is 48.5 Å². The van der Waals surface area contributed by atoms with E-state index in [0.717, 1.165) is 27.4 Å². The molecular weight excluding hydrogens is 775 g/mol. The summed E-state index contributed by atoms with van der Waals surface area (Å²) in [6.07, 6.45) is 3.46. The molecule has 0 aliphatic carbocycles. The molecule has 11 N–H and O–H groups in total. The Morgan fingerprint density at radius 1 is 0.542 bits per heavy atom. The van der Waals surface area contributed by atoms with E-state index in [1.54, 1.807) is 36.7 Å². The van der Waals surface area contributed by atoms with Gasteiger partial charge in [0, 0.05) is 59.2 Å². The van der Waals surface area contributed by atoms with Gasteiger partial charge in [0.25, 0.3) is 0 Å². The van der Waals surface area contributed by atoms with Gasteiger partial charge in [-0.25, -0.2) is 4.79 Å². The Morgan fingerprint density at radius 3 is 1.37 bits per heavy atom. The number of benzene rings is 4. The minimum Gasteiger partial charge on any atom is -0.508 e. The van der Waals surface area contributed by atoms with Crippen LogP contribution in [0.15, 0.2) is 109 Å². The van der Waals surface area contributed by atoms with Gasteiger partial charge in [-0.3, -0.25) is 19.2 Å². The Balaban J connectivity index is 1.28. The molecule has 0 saturated carbocycles. The molecule has 0 radical (unpaired) electrons. The van der Waals surface area contributed by atoms with E-state index in [-0.39, 0.29) is 42.9 Å². The van der Waals surface area contributed by atoms with E-state index < -0.39 is 59.8 Å². The summed E-state index contributed by atoms with van der Waals surface area (Å²) in [5.74, 6) is -4.49. The van der Waals surface area contributed by atoms with Gasteiger partial charge in [0.05, 0.1) is 6.04 Å². The fourth-order valence-corrected chi connectivity index (χ4v) is 7.04. The summed E-state index contributed by atoms with van der Waals surface area (Å²) in [4.78, 5) is 74.2. The summed E-state index contributed by atoms with van der Waals surface area (Å²) < 4.78 is 0. The fourth-order valence-electron chi connectivity index (χ4n) is 6.79. The van der Waals surface area contributed by atoms with Gasteiger partial charge in [0.15, 0.2) is 0 Å². The standard InChI is InChI=1S/C43H45N7O8S/c44-32(19-26-21-45-33-7-3-1-5-30(26)33)39(53)47-35(17-24-9-13-28(51)14-10-24)40(54)49-37(20-27-22-46-34-8-4-2-6-31(27)34)42(56)48-36(18-25-11-15-29(52)16-12-25)41(55)50-38(23-59)43(57)58/h1-16,21-22,32,35-38,45-46,51-52,59H,17-20,23,44H2,(H,47,53)(H,48,56)(H,49,54)(H,50,55)(H,57,58)/t32-,35-,36-,37-,38-/m0/s1. The zero-order valence-corrected chi connectivity index (χ0v) is 32.6. The number of H-pyrrole nitrogens is 2. The van der Waals surface area contributed by atoms with Crippen molar-refractivity contribution in [3.8, 4) is 11.5 Å². The zero-order valence-electron chi connectivity index (χ0n) is 31.7. The molecule has 5 atom stereocenters. The second kappa shape index (κ2) is 19.1. The van der Waals surface area contributed by atoms with Crippen molar-refractivity contribution in [2.24, 2.45) is 5.73 Å². The number of phenolic OH excluding ortho intramolecular Hbond substituents is 2. The first-order valence-electron chi connectivity index (χ1n) is 18.8. The minimum absolute atomic E-state index is 0.00458. The molecule has 0 saturated heterocycles. The number of nitrogens with two attached hydrogens (primary N) is 1. The van der Waals surface area contributed by atoms with Crippen LogP contribution < -0.4 is 27.0 Å². The van der Waals surface area contributed by atoms with Gasteiger partial charge in [-0.1, -0.05) is 60.7 Å². The van der Waals surface area contributed by atoms with E-state index in [4.69, 9.17) is 5.73 Å². The molecule has 4 aromatic carbocycles. The average molecular weight is 820 g/mol. The van der Waals surface area contributed by atoms with Gasteiger partial charge < -0.3 is 52.3 Å². The molecule has 6 aromatic rings. The molecule has 16 heteroatoms. The number of rotatable bonds is 18. The van der Waals surface area contributed by atoms with Crippen molar-refractivity contribution in [2.45, 2.75) is 55.9 Å². The van der Waals surface area contributed by atoms with Crippen molar-refractivity contribution < 1.29 is 39.3 Å². The first kappa shape index (κ1) is 41.8. The largest absolute Gasteiger partial charge is 0.508 e. The second-order valence-electron chi connectivity index (χ2n) is 14.2. The van der Waals surface area contributed by atoms with Crippen LogP contribution in [0.5, 0.6) is 11.5 Å². The van der Waals surface area contributed by atoms with E-state index in [0.29, 0.717) is 16.7 Å². The summed E-state index contributed by atoms with van der Waals surface area (Å²) >= 11 is 4.05. The molecule has 306 valence electrons. The number of para-hydroxylation sites is 2.